The fraction of sp³-hybridized carbons (Fsp3) is 0.379. The van der Waals surface area contributed by atoms with Crippen LogP contribution >= 0.6 is 0 Å². The Kier molecular flexibility index (Phi) is 5.83. The molecule has 2 fully saturated rings. The van der Waals surface area contributed by atoms with Gasteiger partial charge in [-0.1, -0.05) is 43.5 Å². The average molecular weight is 512 g/mol. The van der Waals surface area contributed by atoms with Crippen molar-refractivity contribution in [3.8, 4) is 11.8 Å². The second-order valence-electron chi connectivity index (χ2n) is 10.6. The Morgan fingerprint density at radius 3 is 2.79 bits per heavy atom. The number of H-pyrrole nitrogens is 1. The predicted octanol–water partition coefficient (Wildman–Crippen LogP) is 3.48. The van der Waals surface area contributed by atoms with Crippen molar-refractivity contribution in [1.29, 1.82) is 5.26 Å². The first kappa shape index (κ1) is 24.0. The third-order valence-corrected chi connectivity index (χ3v) is 8.40. The van der Waals surface area contributed by atoms with E-state index < -0.39 is 23.4 Å². The van der Waals surface area contributed by atoms with Crippen molar-refractivity contribution in [3.63, 3.8) is 0 Å². The number of hydrogen-bond donors (Lipinski definition) is 3. The first-order valence-electron chi connectivity index (χ1n) is 13.0. The number of rotatable bonds is 6. The van der Waals surface area contributed by atoms with Gasteiger partial charge in [-0.15, -0.1) is 0 Å². The smallest absolute Gasteiger partial charge is 0.268 e. The van der Waals surface area contributed by atoms with Crippen molar-refractivity contribution in [1.82, 2.24) is 15.2 Å². The topological polar surface area (TPSA) is 127 Å². The Morgan fingerprint density at radius 1 is 1.24 bits per heavy atom. The van der Waals surface area contributed by atoms with Gasteiger partial charge in [0.25, 0.3) is 5.91 Å². The van der Waals surface area contributed by atoms with Gasteiger partial charge in [-0.25, -0.2) is 0 Å². The number of likely N-dealkylation sites (tertiary alicyclic amines) is 1. The maximum absolute atomic E-state index is 14.0. The summed E-state index contributed by atoms with van der Waals surface area (Å²) >= 11 is 0. The zero-order valence-corrected chi connectivity index (χ0v) is 21.1. The highest BCUT2D eigenvalue weighted by Crippen LogP contribution is 2.46. The molecule has 1 aliphatic carbocycles. The van der Waals surface area contributed by atoms with Gasteiger partial charge in [0, 0.05) is 29.6 Å². The summed E-state index contributed by atoms with van der Waals surface area (Å²) in [6, 6.07) is 15.3. The summed E-state index contributed by atoms with van der Waals surface area (Å²) in [5.74, 6) is 0.0709. The van der Waals surface area contributed by atoms with Gasteiger partial charge in [0.05, 0.1) is 18.6 Å². The van der Waals surface area contributed by atoms with Crippen molar-refractivity contribution in [2.45, 2.75) is 49.6 Å². The molecule has 2 aliphatic heterocycles. The number of carbonyl (C=O) groups excluding carboxylic acids is 3. The van der Waals surface area contributed by atoms with Gasteiger partial charge in [0.15, 0.2) is 0 Å². The molecule has 0 unspecified atom stereocenters. The first-order chi connectivity index (χ1) is 18.4. The van der Waals surface area contributed by atoms with Crippen LogP contribution in [0.4, 0.5) is 5.69 Å². The van der Waals surface area contributed by atoms with Crippen molar-refractivity contribution in [3.05, 3.63) is 59.8 Å². The van der Waals surface area contributed by atoms with E-state index >= 15 is 0 Å². The van der Waals surface area contributed by atoms with Gasteiger partial charge in [-0.05, 0) is 42.2 Å². The second kappa shape index (κ2) is 9.21. The predicted molar refractivity (Wildman–Crippen MR) is 141 cm³/mol. The van der Waals surface area contributed by atoms with Gasteiger partial charge in [0.1, 0.15) is 23.5 Å². The molecule has 1 spiro atoms. The minimum atomic E-state index is -0.967. The lowest BCUT2D eigenvalue weighted by Gasteiger charge is -2.32. The number of benzene rings is 2. The molecule has 3 aromatic rings. The van der Waals surface area contributed by atoms with Crippen LogP contribution in [0.2, 0.25) is 0 Å². The molecule has 0 bridgehead atoms. The minimum absolute atomic E-state index is 0.105. The summed E-state index contributed by atoms with van der Waals surface area (Å²) in [6.07, 6.45) is 3.84. The molecule has 0 radical (unpaired) electrons. The zero-order valence-electron chi connectivity index (χ0n) is 21.1. The maximum Gasteiger partial charge on any atom is 0.268 e. The van der Waals surface area contributed by atoms with Crippen molar-refractivity contribution < 1.29 is 19.1 Å². The molecule has 3 aliphatic rings. The highest BCUT2D eigenvalue weighted by molar-refractivity contribution is 6.07. The Morgan fingerprint density at radius 2 is 2.05 bits per heavy atom. The summed E-state index contributed by atoms with van der Waals surface area (Å²) in [4.78, 5) is 45.1. The van der Waals surface area contributed by atoms with E-state index in [0.717, 1.165) is 41.4 Å². The molecule has 1 saturated heterocycles. The minimum Gasteiger partial charge on any atom is -0.496 e. The molecule has 3 atom stereocenters. The van der Waals surface area contributed by atoms with Crippen LogP contribution < -0.4 is 15.4 Å². The molecule has 1 aromatic heterocycles. The standard InChI is InChI=1S/C29H29N5O4/c1-38-25-11-5-10-21-19(25)13-23(31-21)26(35)32-24(12-17-6-4-7-17)27(36)34-16-29(14-18(34)15-30)20-8-2-3-9-22(20)33-28(29)37/h2-3,5,8-11,13,17-18,24,31H,4,6-7,12,14,16H2,1H3,(H,32,35)(H,33,37)/t18-,24+,29-/m0/s1. The van der Waals surface area contributed by atoms with Crippen LogP contribution in [-0.4, -0.2) is 53.3 Å². The molecule has 9 heteroatoms. The van der Waals surface area contributed by atoms with Crippen LogP contribution in [-0.2, 0) is 15.0 Å². The van der Waals surface area contributed by atoms with E-state index in [-0.39, 0.29) is 24.8 Å². The molecule has 1 saturated carbocycles. The third kappa shape index (κ3) is 3.79. The SMILES string of the molecule is COc1cccc2[nH]c(C(=O)N[C@H](CC3CCC3)C(=O)N3C[C@]4(C[C@H]3C#N)C(=O)Nc3ccccc34)cc12. The summed E-state index contributed by atoms with van der Waals surface area (Å²) in [7, 11) is 1.58. The second-order valence-corrected chi connectivity index (χ2v) is 10.6. The molecule has 2 aromatic carbocycles. The average Bonchev–Trinajstić information content (AvgIpc) is 3.59. The molecule has 3 amide bonds. The number of ether oxygens (including phenoxy) is 1. The van der Waals surface area contributed by atoms with Gasteiger partial charge in [-0.3, -0.25) is 14.4 Å². The number of para-hydroxylation sites is 1. The Balaban J connectivity index is 1.28. The van der Waals surface area contributed by atoms with Crippen LogP contribution in [0.1, 0.15) is 48.2 Å². The number of aromatic nitrogens is 1. The number of aromatic amines is 1. The van der Waals surface area contributed by atoms with Crippen LogP contribution in [0, 0.1) is 17.2 Å². The normalized spacial score (nSPS) is 23.0. The number of hydrogen-bond acceptors (Lipinski definition) is 5. The molecule has 9 nitrogen and oxygen atoms in total. The molecule has 38 heavy (non-hydrogen) atoms. The molecule has 6 rings (SSSR count). The number of anilines is 1. The van der Waals surface area contributed by atoms with E-state index in [1.165, 1.54) is 4.90 Å². The zero-order chi connectivity index (χ0) is 26.4. The van der Waals surface area contributed by atoms with E-state index in [1.807, 2.05) is 42.5 Å². The lowest BCUT2D eigenvalue weighted by atomic mass is 9.79. The van der Waals surface area contributed by atoms with Gasteiger partial charge in [0.2, 0.25) is 11.8 Å². The molecular weight excluding hydrogens is 482 g/mol. The fourth-order valence-corrected chi connectivity index (χ4v) is 6.13. The van der Waals surface area contributed by atoms with E-state index in [4.69, 9.17) is 4.74 Å². The quantitative estimate of drug-likeness (QED) is 0.467. The van der Waals surface area contributed by atoms with Crippen LogP contribution in [0.3, 0.4) is 0 Å². The Hall–Kier alpha value is -4.32. The number of methoxy groups -OCH3 is 1. The number of amides is 3. The maximum atomic E-state index is 14.0. The van der Waals surface area contributed by atoms with Gasteiger partial charge >= 0.3 is 0 Å². The van der Waals surface area contributed by atoms with E-state index in [9.17, 15) is 19.6 Å². The Bertz CT molecular complexity index is 1490. The van der Waals surface area contributed by atoms with Crippen molar-refractivity contribution in [2.75, 3.05) is 19.0 Å². The Labute approximate surface area is 220 Å². The van der Waals surface area contributed by atoms with Gasteiger partial charge < -0.3 is 25.3 Å². The van der Waals surface area contributed by atoms with E-state index in [1.54, 1.807) is 13.2 Å². The first-order valence-corrected chi connectivity index (χ1v) is 13.0. The number of nitrogens with zero attached hydrogens (tertiary/aromatic N) is 2. The third-order valence-electron chi connectivity index (χ3n) is 8.40. The van der Waals surface area contributed by atoms with Crippen molar-refractivity contribution in [2.24, 2.45) is 5.92 Å². The van der Waals surface area contributed by atoms with Crippen LogP contribution in [0.25, 0.3) is 10.9 Å². The number of nitriles is 1. The summed E-state index contributed by atoms with van der Waals surface area (Å²) < 4.78 is 5.41. The number of nitrogens with one attached hydrogen (secondary N) is 3. The summed E-state index contributed by atoms with van der Waals surface area (Å²) in [5.41, 5.74) is 1.65. The number of fused-ring (bicyclic) bond motifs is 3. The summed E-state index contributed by atoms with van der Waals surface area (Å²) in [6.45, 7) is 0.105. The molecule has 194 valence electrons. The number of carbonyl (C=O) groups is 3. The van der Waals surface area contributed by atoms with Crippen molar-refractivity contribution >= 4 is 34.3 Å². The molecular formula is C29H29N5O4. The fourth-order valence-electron chi connectivity index (χ4n) is 6.13. The van der Waals surface area contributed by atoms with E-state index in [0.29, 0.717) is 23.8 Å². The lowest BCUT2D eigenvalue weighted by molar-refractivity contribution is -0.134. The molecule has 3 heterocycles. The largest absolute Gasteiger partial charge is 0.496 e. The highest BCUT2D eigenvalue weighted by Gasteiger charge is 2.56. The lowest BCUT2D eigenvalue weighted by Crippen LogP contribution is -2.52. The van der Waals surface area contributed by atoms with Crippen LogP contribution in [0.15, 0.2) is 48.5 Å². The van der Waals surface area contributed by atoms with Crippen LogP contribution in [0.5, 0.6) is 5.75 Å². The van der Waals surface area contributed by atoms with E-state index in [2.05, 4.69) is 21.7 Å². The monoisotopic (exact) mass is 511 g/mol. The summed E-state index contributed by atoms with van der Waals surface area (Å²) in [5, 5.41) is 16.6. The van der Waals surface area contributed by atoms with Gasteiger partial charge in [-0.2, -0.15) is 5.26 Å². The molecule has 3 N–H and O–H groups in total. The highest BCUT2D eigenvalue weighted by atomic mass is 16.5.